The molecule has 0 unspecified atom stereocenters. The molecule has 2 fully saturated rings. The molecule has 5 N–H and O–H groups in total. The SMILES string of the molecule is CCCCN1C(=O)C(=C(N)N)C(=O)N(C2CCNCC2)C1=O. The van der Waals surface area contributed by atoms with E-state index >= 15 is 0 Å². The first kappa shape index (κ1) is 16.3. The molecule has 0 spiro atoms. The van der Waals surface area contributed by atoms with Crippen LogP contribution in [0, 0.1) is 0 Å². The molecule has 2 aliphatic rings. The quantitative estimate of drug-likeness (QED) is 0.473. The van der Waals surface area contributed by atoms with Crippen molar-refractivity contribution in [3.63, 3.8) is 0 Å². The Morgan fingerprint density at radius 1 is 1.18 bits per heavy atom. The van der Waals surface area contributed by atoms with Gasteiger partial charge in [0.15, 0.2) is 0 Å². The molecule has 0 saturated carbocycles. The fraction of sp³-hybridized carbons (Fsp3) is 0.643. The molecule has 2 rings (SSSR count). The van der Waals surface area contributed by atoms with Gasteiger partial charge in [-0.3, -0.25) is 19.4 Å². The molecular weight excluding hydrogens is 286 g/mol. The summed E-state index contributed by atoms with van der Waals surface area (Å²) < 4.78 is 0. The summed E-state index contributed by atoms with van der Waals surface area (Å²) in [4.78, 5) is 39.7. The van der Waals surface area contributed by atoms with Crippen LogP contribution >= 0.6 is 0 Å². The fourth-order valence-corrected chi connectivity index (χ4v) is 2.80. The molecule has 0 aromatic rings. The highest BCUT2D eigenvalue weighted by molar-refractivity contribution is 6.29. The van der Waals surface area contributed by atoms with Crippen molar-refractivity contribution in [1.29, 1.82) is 0 Å². The fourth-order valence-electron chi connectivity index (χ4n) is 2.80. The van der Waals surface area contributed by atoms with Crippen LogP contribution in [0.4, 0.5) is 4.79 Å². The summed E-state index contributed by atoms with van der Waals surface area (Å²) in [6.45, 7) is 3.67. The summed E-state index contributed by atoms with van der Waals surface area (Å²) in [6, 6.07) is -0.784. The number of hydrogen-bond acceptors (Lipinski definition) is 6. The predicted molar refractivity (Wildman–Crippen MR) is 80.2 cm³/mol. The van der Waals surface area contributed by atoms with Crippen molar-refractivity contribution in [2.45, 2.75) is 38.6 Å². The monoisotopic (exact) mass is 309 g/mol. The van der Waals surface area contributed by atoms with Crippen molar-refractivity contribution >= 4 is 17.8 Å². The number of nitrogens with one attached hydrogen (secondary N) is 1. The van der Waals surface area contributed by atoms with Crippen LogP contribution in [0.15, 0.2) is 11.4 Å². The van der Waals surface area contributed by atoms with Crippen LogP contribution in [0.2, 0.25) is 0 Å². The molecule has 2 saturated heterocycles. The Morgan fingerprint density at radius 2 is 1.82 bits per heavy atom. The molecule has 0 aliphatic carbocycles. The van der Waals surface area contributed by atoms with Crippen molar-refractivity contribution < 1.29 is 14.4 Å². The second-order valence-electron chi connectivity index (χ2n) is 5.58. The Bertz CT molecular complexity index is 507. The molecule has 0 bridgehead atoms. The number of imide groups is 2. The number of piperidine rings is 1. The van der Waals surface area contributed by atoms with E-state index in [1.165, 1.54) is 0 Å². The summed E-state index contributed by atoms with van der Waals surface area (Å²) >= 11 is 0. The molecule has 0 aromatic heterocycles. The third-order valence-electron chi connectivity index (χ3n) is 4.03. The molecule has 4 amide bonds. The van der Waals surface area contributed by atoms with Gasteiger partial charge in [0.05, 0.1) is 0 Å². The van der Waals surface area contributed by atoms with E-state index < -0.39 is 17.8 Å². The average Bonchev–Trinajstić information content (AvgIpc) is 2.48. The van der Waals surface area contributed by atoms with Gasteiger partial charge in [0, 0.05) is 12.6 Å². The number of unbranched alkanes of at least 4 members (excludes halogenated alkanes) is 1. The van der Waals surface area contributed by atoms with Crippen molar-refractivity contribution in [3.8, 4) is 0 Å². The second-order valence-corrected chi connectivity index (χ2v) is 5.58. The smallest absolute Gasteiger partial charge is 0.334 e. The lowest BCUT2D eigenvalue weighted by molar-refractivity contribution is -0.137. The first-order valence-electron chi connectivity index (χ1n) is 7.64. The molecule has 0 radical (unpaired) electrons. The minimum Gasteiger partial charge on any atom is -0.385 e. The highest BCUT2D eigenvalue weighted by atomic mass is 16.2. The van der Waals surface area contributed by atoms with Crippen molar-refractivity contribution in [3.05, 3.63) is 11.4 Å². The zero-order chi connectivity index (χ0) is 16.3. The van der Waals surface area contributed by atoms with Crippen LogP contribution in [0.1, 0.15) is 32.6 Å². The van der Waals surface area contributed by atoms with Crippen molar-refractivity contribution in [2.24, 2.45) is 11.5 Å². The molecule has 8 heteroatoms. The molecule has 2 heterocycles. The first-order chi connectivity index (χ1) is 10.5. The predicted octanol–water partition coefficient (Wildman–Crippen LogP) is -0.542. The second kappa shape index (κ2) is 6.78. The number of carbonyl (C=O) groups is 3. The zero-order valence-electron chi connectivity index (χ0n) is 12.8. The van der Waals surface area contributed by atoms with Gasteiger partial charge in [-0.1, -0.05) is 13.3 Å². The number of barbiturate groups is 1. The van der Waals surface area contributed by atoms with Crippen LogP contribution in [0.3, 0.4) is 0 Å². The van der Waals surface area contributed by atoms with E-state index in [1.807, 2.05) is 6.92 Å². The lowest BCUT2D eigenvalue weighted by Gasteiger charge is -2.39. The largest absolute Gasteiger partial charge is 0.385 e. The molecule has 0 aromatic carbocycles. The van der Waals surface area contributed by atoms with Crippen LogP contribution in [0.25, 0.3) is 0 Å². The van der Waals surface area contributed by atoms with E-state index in [-0.39, 0.29) is 24.0 Å². The highest BCUT2D eigenvalue weighted by Crippen LogP contribution is 2.24. The lowest BCUT2D eigenvalue weighted by Crippen LogP contribution is -2.61. The maximum Gasteiger partial charge on any atom is 0.334 e. The lowest BCUT2D eigenvalue weighted by atomic mass is 10.0. The van der Waals surface area contributed by atoms with Gasteiger partial charge in [0.1, 0.15) is 11.4 Å². The minimum atomic E-state index is -0.686. The van der Waals surface area contributed by atoms with Gasteiger partial charge in [-0.15, -0.1) is 0 Å². The zero-order valence-corrected chi connectivity index (χ0v) is 12.8. The average molecular weight is 309 g/mol. The number of nitrogens with two attached hydrogens (primary N) is 2. The Morgan fingerprint density at radius 3 is 2.36 bits per heavy atom. The van der Waals surface area contributed by atoms with Gasteiger partial charge in [0.2, 0.25) is 0 Å². The van der Waals surface area contributed by atoms with Gasteiger partial charge in [-0.05, 0) is 32.4 Å². The summed E-state index contributed by atoms with van der Waals surface area (Å²) in [5.74, 6) is -1.69. The van der Waals surface area contributed by atoms with Crippen LogP contribution < -0.4 is 16.8 Å². The van der Waals surface area contributed by atoms with Crippen molar-refractivity contribution in [2.75, 3.05) is 19.6 Å². The third-order valence-corrected chi connectivity index (χ3v) is 4.03. The Balaban J connectivity index is 2.34. The number of amides is 4. The topological polar surface area (TPSA) is 122 Å². The third kappa shape index (κ3) is 2.92. The maximum absolute atomic E-state index is 12.6. The van der Waals surface area contributed by atoms with Gasteiger partial charge >= 0.3 is 6.03 Å². The van der Waals surface area contributed by atoms with E-state index in [4.69, 9.17) is 11.5 Å². The maximum atomic E-state index is 12.6. The Labute approximate surface area is 129 Å². The number of nitrogens with zero attached hydrogens (tertiary/aromatic N) is 2. The number of carbonyl (C=O) groups excluding carboxylic acids is 3. The van der Waals surface area contributed by atoms with E-state index in [0.717, 1.165) is 29.3 Å². The summed E-state index contributed by atoms with van der Waals surface area (Å²) in [5, 5.41) is 3.18. The Kier molecular flexibility index (Phi) is 5.02. The number of rotatable bonds is 4. The van der Waals surface area contributed by atoms with E-state index in [0.29, 0.717) is 19.3 Å². The minimum absolute atomic E-state index is 0.229. The molecule has 0 atom stereocenters. The van der Waals surface area contributed by atoms with Crippen LogP contribution in [-0.4, -0.2) is 53.3 Å². The molecule has 2 aliphatic heterocycles. The Hall–Kier alpha value is -2.09. The molecular formula is C14H23N5O3. The standard InChI is InChI=1S/C14H23N5O3/c1-2-3-8-18-12(20)10(11(15)16)13(21)19(14(18)22)9-4-6-17-7-5-9/h9,17H,2-8,15-16H2,1H3. The van der Waals surface area contributed by atoms with Gasteiger partial charge in [0.25, 0.3) is 11.8 Å². The van der Waals surface area contributed by atoms with Crippen LogP contribution in [-0.2, 0) is 9.59 Å². The van der Waals surface area contributed by atoms with E-state index in [1.54, 1.807) is 0 Å². The van der Waals surface area contributed by atoms with Crippen LogP contribution in [0.5, 0.6) is 0 Å². The first-order valence-corrected chi connectivity index (χ1v) is 7.64. The highest BCUT2D eigenvalue weighted by Gasteiger charge is 2.45. The molecule has 8 nitrogen and oxygen atoms in total. The summed E-state index contributed by atoms with van der Waals surface area (Å²) in [5.41, 5.74) is 10.7. The van der Waals surface area contributed by atoms with Gasteiger partial charge < -0.3 is 16.8 Å². The van der Waals surface area contributed by atoms with Gasteiger partial charge in [-0.25, -0.2) is 4.79 Å². The molecule has 22 heavy (non-hydrogen) atoms. The van der Waals surface area contributed by atoms with E-state index in [9.17, 15) is 14.4 Å². The molecule has 122 valence electrons. The van der Waals surface area contributed by atoms with E-state index in [2.05, 4.69) is 5.32 Å². The van der Waals surface area contributed by atoms with Gasteiger partial charge in [-0.2, -0.15) is 0 Å². The summed E-state index contributed by atoms with van der Waals surface area (Å²) in [7, 11) is 0. The summed E-state index contributed by atoms with van der Waals surface area (Å²) in [6.07, 6.45) is 2.81. The number of hydrogen-bond donors (Lipinski definition) is 3. The number of urea groups is 1. The van der Waals surface area contributed by atoms with Crippen molar-refractivity contribution in [1.82, 2.24) is 15.1 Å². The normalized spacial score (nSPS) is 20.8.